The number of aryl methyl sites for hydroxylation is 3. The molecule has 3 heterocycles. The third-order valence-electron chi connectivity index (χ3n) is 6.53. The first-order valence-electron chi connectivity index (χ1n) is 11.6. The maximum Gasteiger partial charge on any atom is 0.262 e. The minimum absolute atomic E-state index is 0.161. The highest BCUT2D eigenvalue weighted by Gasteiger charge is 2.23. The molecule has 0 atom stereocenters. The molecule has 5 nitrogen and oxygen atoms in total. The van der Waals surface area contributed by atoms with E-state index in [1.165, 1.54) is 41.7 Å². The number of rotatable bonds is 7. The third kappa shape index (κ3) is 4.41. The largest absolute Gasteiger partial charge is 0.494 e. The van der Waals surface area contributed by atoms with Crippen molar-refractivity contribution in [2.24, 2.45) is 0 Å². The second kappa shape index (κ2) is 9.13. The smallest absolute Gasteiger partial charge is 0.262 e. The van der Waals surface area contributed by atoms with E-state index in [1.54, 1.807) is 11.3 Å². The van der Waals surface area contributed by atoms with Gasteiger partial charge in [-0.3, -0.25) is 14.3 Å². The zero-order valence-electron chi connectivity index (χ0n) is 18.4. The molecule has 0 bridgehead atoms. The molecule has 2 aromatic heterocycles. The number of benzene rings is 1. The molecule has 0 spiro atoms. The molecule has 1 saturated heterocycles. The first kappa shape index (κ1) is 20.7. The van der Waals surface area contributed by atoms with Gasteiger partial charge in [-0.25, -0.2) is 4.98 Å². The third-order valence-corrected chi connectivity index (χ3v) is 7.72. The van der Waals surface area contributed by atoms with E-state index in [2.05, 4.69) is 24.0 Å². The van der Waals surface area contributed by atoms with Crippen LogP contribution in [0.5, 0.6) is 5.75 Å². The van der Waals surface area contributed by atoms with E-state index in [4.69, 9.17) is 9.72 Å². The van der Waals surface area contributed by atoms with Crippen molar-refractivity contribution in [3.8, 4) is 5.75 Å². The van der Waals surface area contributed by atoms with Gasteiger partial charge in [-0.15, -0.1) is 11.3 Å². The highest BCUT2D eigenvalue weighted by molar-refractivity contribution is 7.18. The molecule has 6 heteroatoms. The van der Waals surface area contributed by atoms with Crippen LogP contribution < -0.4 is 10.3 Å². The first-order chi connectivity index (χ1) is 15.2. The zero-order chi connectivity index (χ0) is 21.2. The summed E-state index contributed by atoms with van der Waals surface area (Å²) in [6.07, 6.45) is 7.80. The molecule has 1 fully saturated rings. The molecule has 0 unspecified atom stereocenters. The van der Waals surface area contributed by atoms with E-state index in [0.717, 1.165) is 60.7 Å². The number of likely N-dealkylation sites (tertiary alicyclic amines) is 1. The maximum atomic E-state index is 13.6. The minimum Gasteiger partial charge on any atom is -0.494 e. The Hall–Kier alpha value is -2.18. The van der Waals surface area contributed by atoms with Crippen LogP contribution in [0.4, 0.5) is 0 Å². The van der Waals surface area contributed by atoms with Crippen LogP contribution in [-0.2, 0) is 25.9 Å². The summed E-state index contributed by atoms with van der Waals surface area (Å²) in [4.78, 5) is 23.5. The van der Waals surface area contributed by atoms with Crippen molar-refractivity contribution in [1.29, 1.82) is 0 Å². The fourth-order valence-electron chi connectivity index (χ4n) is 4.82. The first-order valence-corrected chi connectivity index (χ1v) is 12.5. The summed E-state index contributed by atoms with van der Waals surface area (Å²) in [5.41, 5.74) is 2.67. The van der Waals surface area contributed by atoms with E-state index >= 15 is 0 Å². The van der Waals surface area contributed by atoms with E-state index in [1.807, 2.05) is 16.7 Å². The van der Waals surface area contributed by atoms with Gasteiger partial charge >= 0.3 is 0 Å². The van der Waals surface area contributed by atoms with Crippen LogP contribution in [0.3, 0.4) is 0 Å². The predicted molar refractivity (Wildman–Crippen MR) is 126 cm³/mol. The molecule has 3 aromatic rings. The van der Waals surface area contributed by atoms with Crippen LogP contribution in [0, 0.1) is 6.92 Å². The molecule has 0 N–H and O–H groups in total. The van der Waals surface area contributed by atoms with Crippen molar-refractivity contribution < 1.29 is 4.74 Å². The molecule has 0 radical (unpaired) electrons. The standard InChI is InChI=1S/C25H31N3O2S/c1-18-9-11-19(12-10-18)30-16-6-15-28-22(17-27-13-4-5-14-27)26-24-23(25(28)29)20-7-2-3-8-21(20)31-24/h9-12H,2-8,13-17H2,1H3. The summed E-state index contributed by atoms with van der Waals surface area (Å²) < 4.78 is 7.86. The number of fused-ring (bicyclic) bond motifs is 3. The Bertz CT molecular complexity index is 1110. The highest BCUT2D eigenvalue weighted by atomic mass is 32.1. The van der Waals surface area contributed by atoms with Gasteiger partial charge in [0.1, 0.15) is 16.4 Å². The van der Waals surface area contributed by atoms with Crippen molar-refractivity contribution in [2.75, 3.05) is 19.7 Å². The van der Waals surface area contributed by atoms with E-state index < -0.39 is 0 Å². The SMILES string of the molecule is Cc1ccc(OCCCn2c(CN3CCCC3)nc3sc4c(c3c2=O)CCCC4)cc1. The van der Waals surface area contributed by atoms with Crippen molar-refractivity contribution in [3.05, 3.63) is 56.4 Å². The van der Waals surface area contributed by atoms with Gasteiger partial charge in [-0.2, -0.15) is 0 Å². The second-order valence-electron chi connectivity index (χ2n) is 8.87. The molecule has 5 rings (SSSR count). The zero-order valence-corrected chi connectivity index (χ0v) is 19.2. The fraction of sp³-hybridized carbons (Fsp3) is 0.520. The molecule has 164 valence electrons. The van der Waals surface area contributed by atoms with Crippen LogP contribution in [0.15, 0.2) is 29.1 Å². The Morgan fingerprint density at radius 3 is 2.65 bits per heavy atom. The molecule has 31 heavy (non-hydrogen) atoms. The summed E-state index contributed by atoms with van der Waals surface area (Å²) >= 11 is 1.75. The number of aromatic nitrogens is 2. The van der Waals surface area contributed by atoms with Crippen molar-refractivity contribution in [1.82, 2.24) is 14.5 Å². The summed E-state index contributed by atoms with van der Waals surface area (Å²) in [5, 5.41) is 0.893. The van der Waals surface area contributed by atoms with Crippen LogP contribution in [0.2, 0.25) is 0 Å². The molecule has 1 aliphatic carbocycles. The molecule has 1 aromatic carbocycles. The Labute approximate surface area is 187 Å². The quantitative estimate of drug-likeness (QED) is 0.502. The Kier molecular flexibility index (Phi) is 6.10. The van der Waals surface area contributed by atoms with Gasteiger partial charge in [0.25, 0.3) is 5.56 Å². The lowest BCUT2D eigenvalue weighted by Gasteiger charge is -2.18. The summed E-state index contributed by atoms with van der Waals surface area (Å²) in [7, 11) is 0. The minimum atomic E-state index is 0.161. The monoisotopic (exact) mass is 437 g/mol. The van der Waals surface area contributed by atoms with Gasteiger partial charge in [0.05, 0.1) is 18.5 Å². The molecule has 2 aliphatic rings. The van der Waals surface area contributed by atoms with Gasteiger partial charge < -0.3 is 4.74 Å². The van der Waals surface area contributed by atoms with Crippen molar-refractivity contribution >= 4 is 21.6 Å². The summed E-state index contributed by atoms with van der Waals surface area (Å²) in [6.45, 7) is 6.30. The topological polar surface area (TPSA) is 47.4 Å². The number of nitrogens with zero attached hydrogens (tertiary/aromatic N) is 3. The van der Waals surface area contributed by atoms with Crippen LogP contribution in [0.1, 0.15) is 53.9 Å². The van der Waals surface area contributed by atoms with Gasteiger partial charge in [0.15, 0.2) is 0 Å². The number of ether oxygens (including phenoxy) is 1. The van der Waals surface area contributed by atoms with Crippen LogP contribution in [0.25, 0.3) is 10.2 Å². The van der Waals surface area contributed by atoms with Gasteiger partial charge in [0, 0.05) is 11.4 Å². The van der Waals surface area contributed by atoms with Crippen molar-refractivity contribution in [3.63, 3.8) is 0 Å². The molecular formula is C25H31N3O2S. The Morgan fingerprint density at radius 2 is 1.84 bits per heavy atom. The molecule has 0 amide bonds. The van der Waals surface area contributed by atoms with E-state index in [0.29, 0.717) is 13.2 Å². The molecule has 1 aliphatic heterocycles. The number of hydrogen-bond donors (Lipinski definition) is 0. The summed E-state index contributed by atoms with van der Waals surface area (Å²) in [6, 6.07) is 8.13. The van der Waals surface area contributed by atoms with Crippen LogP contribution in [-0.4, -0.2) is 34.1 Å². The molecule has 0 saturated carbocycles. The fourth-order valence-corrected chi connectivity index (χ4v) is 6.09. The average Bonchev–Trinajstić information content (AvgIpc) is 3.41. The normalized spacial score (nSPS) is 16.7. The lowest BCUT2D eigenvalue weighted by molar-refractivity contribution is 0.290. The van der Waals surface area contributed by atoms with Crippen molar-refractivity contribution in [2.45, 2.75) is 65.0 Å². The predicted octanol–water partition coefficient (Wildman–Crippen LogP) is 4.71. The number of thiophene rings is 1. The van der Waals surface area contributed by atoms with Crippen LogP contribution >= 0.6 is 11.3 Å². The second-order valence-corrected chi connectivity index (χ2v) is 9.96. The Balaban J connectivity index is 1.40. The highest BCUT2D eigenvalue weighted by Crippen LogP contribution is 2.34. The lowest BCUT2D eigenvalue weighted by atomic mass is 9.97. The van der Waals surface area contributed by atoms with Gasteiger partial charge in [-0.05, 0) is 82.7 Å². The van der Waals surface area contributed by atoms with E-state index in [-0.39, 0.29) is 5.56 Å². The van der Waals surface area contributed by atoms with E-state index in [9.17, 15) is 4.79 Å². The summed E-state index contributed by atoms with van der Waals surface area (Å²) in [5.74, 6) is 1.81. The Morgan fingerprint density at radius 1 is 1.06 bits per heavy atom. The molecular weight excluding hydrogens is 406 g/mol. The van der Waals surface area contributed by atoms with Gasteiger partial charge in [-0.1, -0.05) is 17.7 Å². The average molecular weight is 438 g/mol. The number of hydrogen-bond acceptors (Lipinski definition) is 5. The van der Waals surface area contributed by atoms with Gasteiger partial charge in [0.2, 0.25) is 0 Å². The lowest BCUT2D eigenvalue weighted by Crippen LogP contribution is -2.30. The maximum absolute atomic E-state index is 13.6.